The smallest absolute Gasteiger partial charge is 0.212 e. The van der Waals surface area contributed by atoms with Crippen molar-refractivity contribution in [3.8, 4) is 5.75 Å². The van der Waals surface area contributed by atoms with Crippen molar-refractivity contribution in [1.82, 2.24) is 4.98 Å². The molecule has 19 heavy (non-hydrogen) atoms. The molecule has 0 N–H and O–H groups in total. The van der Waals surface area contributed by atoms with Crippen LogP contribution in [0.15, 0.2) is 47.1 Å². The SMILES string of the molecule is CCCOc1ccc(C(=O)c2ncccc2Br)cc1. The van der Waals surface area contributed by atoms with Gasteiger partial charge in [-0.3, -0.25) is 9.78 Å². The molecular weight excluding hydrogens is 306 g/mol. The number of halogens is 1. The van der Waals surface area contributed by atoms with Crippen molar-refractivity contribution in [2.24, 2.45) is 0 Å². The van der Waals surface area contributed by atoms with E-state index < -0.39 is 0 Å². The molecule has 0 unspecified atom stereocenters. The minimum atomic E-state index is -0.102. The lowest BCUT2D eigenvalue weighted by Gasteiger charge is -2.06. The molecule has 0 aliphatic heterocycles. The Bertz CT molecular complexity index is 567. The van der Waals surface area contributed by atoms with E-state index in [0.717, 1.165) is 12.2 Å². The molecule has 1 aromatic heterocycles. The van der Waals surface area contributed by atoms with Crippen LogP contribution in [-0.4, -0.2) is 17.4 Å². The molecule has 0 bridgehead atoms. The number of hydrogen-bond donors (Lipinski definition) is 0. The number of carbonyl (C=O) groups excluding carboxylic acids is 1. The van der Waals surface area contributed by atoms with Crippen LogP contribution in [0.2, 0.25) is 0 Å². The van der Waals surface area contributed by atoms with Gasteiger partial charge < -0.3 is 4.74 Å². The number of benzene rings is 1. The largest absolute Gasteiger partial charge is 0.494 e. The van der Waals surface area contributed by atoms with Gasteiger partial charge in [-0.05, 0) is 58.7 Å². The van der Waals surface area contributed by atoms with Gasteiger partial charge in [-0.2, -0.15) is 0 Å². The standard InChI is InChI=1S/C15H14BrNO2/c1-2-10-19-12-7-5-11(6-8-12)15(18)14-13(16)4-3-9-17-14/h3-9H,2,10H2,1H3. The van der Waals surface area contributed by atoms with Crippen molar-refractivity contribution >= 4 is 21.7 Å². The number of carbonyl (C=O) groups is 1. The Labute approximate surface area is 120 Å². The van der Waals surface area contributed by atoms with Crippen LogP contribution in [0.25, 0.3) is 0 Å². The first-order valence-corrected chi connectivity index (χ1v) is 6.89. The Morgan fingerprint density at radius 2 is 2.00 bits per heavy atom. The van der Waals surface area contributed by atoms with E-state index in [1.807, 2.05) is 0 Å². The van der Waals surface area contributed by atoms with Crippen LogP contribution >= 0.6 is 15.9 Å². The molecule has 1 heterocycles. The fraction of sp³-hybridized carbons (Fsp3) is 0.200. The van der Waals surface area contributed by atoms with Crippen LogP contribution in [0.4, 0.5) is 0 Å². The molecule has 4 heteroatoms. The molecule has 0 amide bonds. The molecule has 3 nitrogen and oxygen atoms in total. The molecule has 2 rings (SSSR count). The summed E-state index contributed by atoms with van der Waals surface area (Å²) in [5, 5.41) is 0. The minimum absolute atomic E-state index is 0.102. The van der Waals surface area contributed by atoms with Crippen LogP contribution in [0.5, 0.6) is 5.75 Å². The Morgan fingerprint density at radius 1 is 1.26 bits per heavy atom. The first-order valence-electron chi connectivity index (χ1n) is 6.10. The fourth-order valence-electron chi connectivity index (χ4n) is 1.61. The third-order valence-electron chi connectivity index (χ3n) is 2.56. The molecule has 0 saturated heterocycles. The predicted octanol–water partition coefficient (Wildman–Crippen LogP) is 3.86. The topological polar surface area (TPSA) is 39.2 Å². The summed E-state index contributed by atoms with van der Waals surface area (Å²) in [4.78, 5) is 16.4. The summed E-state index contributed by atoms with van der Waals surface area (Å²) in [5.74, 6) is 0.674. The van der Waals surface area contributed by atoms with E-state index in [1.165, 1.54) is 0 Å². The lowest BCUT2D eigenvalue weighted by molar-refractivity contribution is 0.103. The summed E-state index contributed by atoms with van der Waals surface area (Å²) < 4.78 is 6.18. The molecule has 0 aliphatic carbocycles. The average molecular weight is 320 g/mol. The van der Waals surface area contributed by atoms with E-state index >= 15 is 0 Å². The van der Waals surface area contributed by atoms with Gasteiger partial charge in [-0.15, -0.1) is 0 Å². The van der Waals surface area contributed by atoms with Gasteiger partial charge in [0, 0.05) is 16.2 Å². The van der Waals surface area contributed by atoms with Gasteiger partial charge in [0.1, 0.15) is 11.4 Å². The lowest BCUT2D eigenvalue weighted by Crippen LogP contribution is -2.05. The fourth-order valence-corrected chi connectivity index (χ4v) is 2.05. The Morgan fingerprint density at radius 3 is 2.63 bits per heavy atom. The first kappa shape index (κ1) is 13.7. The van der Waals surface area contributed by atoms with E-state index in [4.69, 9.17) is 4.74 Å². The number of nitrogens with zero attached hydrogens (tertiary/aromatic N) is 1. The lowest BCUT2D eigenvalue weighted by atomic mass is 10.1. The zero-order chi connectivity index (χ0) is 13.7. The maximum atomic E-state index is 12.3. The highest BCUT2D eigenvalue weighted by Crippen LogP contribution is 2.19. The highest BCUT2D eigenvalue weighted by molar-refractivity contribution is 9.10. The zero-order valence-electron chi connectivity index (χ0n) is 10.6. The van der Waals surface area contributed by atoms with Gasteiger partial charge >= 0.3 is 0 Å². The number of ketones is 1. The van der Waals surface area contributed by atoms with E-state index in [1.54, 1.807) is 42.6 Å². The summed E-state index contributed by atoms with van der Waals surface area (Å²) in [7, 11) is 0. The third-order valence-corrected chi connectivity index (χ3v) is 3.20. The van der Waals surface area contributed by atoms with Crippen LogP contribution in [-0.2, 0) is 0 Å². The molecule has 0 aliphatic rings. The number of hydrogen-bond acceptors (Lipinski definition) is 3. The van der Waals surface area contributed by atoms with E-state index in [2.05, 4.69) is 27.8 Å². The monoisotopic (exact) mass is 319 g/mol. The summed E-state index contributed by atoms with van der Waals surface area (Å²) in [5.41, 5.74) is 1.02. The second-order valence-electron chi connectivity index (χ2n) is 4.04. The minimum Gasteiger partial charge on any atom is -0.494 e. The highest BCUT2D eigenvalue weighted by atomic mass is 79.9. The van der Waals surface area contributed by atoms with Gasteiger partial charge in [0.15, 0.2) is 0 Å². The van der Waals surface area contributed by atoms with Crippen molar-refractivity contribution in [2.75, 3.05) is 6.61 Å². The summed E-state index contributed by atoms with van der Waals surface area (Å²) in [6.07, 6.45) is 2.57. The summed E-state index contributed by atoms with van der Waals surface area (Å²) in [6, 6.07) is 10.7. The molecule has 0 fully saturated rings. The quantitative estimate of drug-likeness (QED) is 0.785. The van der Waals surface area contributed by atoms with Crippen molar-refractivity contribution in [3.05, 3.63) is 58.3 Å². The molecule has 2 aromatic rings. The van der Waals surface area contributed by atoms with Crippen LogP contribution in [0, 0.1) is 0 Å². The Balaban J connectivity index is 2.18. The predicted molar refractivity (Wildman–Crippen MR) is 77.6 cm³/mol. The highest BCUT2D eigenvalue weighted by Gasteiger charge is 2.13. The zero-order valence-corrected chi connectivity index (χ0v) is 12.2. The molecule has 0 radical (unpaired) electrons. The van der Waals surface area contributed by atoms with Gasteiger partial charge in [0.25, 0.3) is 0 Å². The van der Waals surface area contributed by atoms with Gasteiger partial charge in [-0.1, -0.05) is 6.92 Å². The van der Waals surface area contributed by atoms with Crippen molar-refractivity contribution in [1.29, 1.82) is 0 Å². The maximum absolute atomic E-state index is 12.3. The van der Waals surface area contributed by atoms with Gasteiger partial charge in [0.2, 0.25) is 5.78 Å². The second-order valence-corrected chi connectivity index (χ2v) is 4.89. The summed E-state index contributed by atoms with van der Waals surface area (Å²) in [6.45, 7) is 2.73. The number of ether oxygens (including phenoxy) is 1. The van der Waals surface area contributed by atoms with E-state index in [-0.39, 0.29) is 5.78 Å². The normalized spacial score (nSPS) is 10.2. The van der Waals surface area contributed by atoms with Gasteiger partial charge in [0.05, 0.1) is 6.61 Å². The van der Waals surface area contributed by atoms with Gasteiger partial charge in [-0.25, -0.2) is 0 Å². The van der Waals surface area contributed by atoms with Crippen molar-refractivity contribution in [3.63, 3.8) is 0 Å². The van der Waals surface area contributed by atoms with Crippen LogP contribution < -0.4 is 4.74 Å². The first-order chi connectivity index (χ1) is 9.22. The number of rotatable bonds is 5. The number of aromatic nitrogens is 1. The average Bonchev–Trinajstić information content (AvgIpc) is 2.45. The van der Waals surface area contributed by atoms with E-state index in [9.17, 15) is 4.79 Å². The second kappa shape index (κ2) is 6.48. The molecule has 0 spiro atoms. The summed E-state index contributed by atoms with van der Waals surface area (Å²) >= 11 is 3.33. The Kier molecular flexibility index (Phi) is 4.68. The van der Waals surface area contributed by atoms with E-state index in [0.29, 0.717) is 22.3 Å². The van der Waals surface area contributed by atoms with Crippen LogP contribution in [0.1, 0.15) is 29.4 Å². The third kappa shape index (κ3) is 3.41. The molecule has 0 saturated carbocycles. The maximum Gasteiger partial charge on any atom is 0.212 e. The van der Waals surface area contributed by atoms with Crippen LogP contribution in [0.3, 0.4) is 0 Å². The number of pyridine rings is 1. The molecule has 1 aromatic carbocycles. The molecule has 98 valence electrons. The van der Waals surface area contributed by atoms with Crippen molar-refractivity contribution < 1.29 is 9.53 Å². The molecular formula is C15H14BrNO2. The van der Waals surface area contributed by atoms with Crippen molar-refractivity contribution in [2.45, 2.75) is 13.3 Å². The molecule has 0 atom stereocenters. The Hall–Kier alpha value is -1.68.